The smallest absolute Gasteiger partial charge is 0.257 e. The third kappa shape index (κ3) is 3.74. The maximum atomic E-state index is 12.3. The SMILES string of the molecule is Cc1cc(C(=O)N(C)Cc2ccccc2C#CCN)co1. The number of aryl methyl sites for hydroxylation is 1. The summed E-state index contributed by atoms with van der Waals surface area (Å²) >= 11 is 0. The summed E-state index contributed by atoms with van der Waals surface area (Å²) in [6.07, 6.45) is 1.48. The Bertz CT molecular complexity index is 692. The molecule has 0 aliphatic carbocycles. The Morgan fingerprint density at radius 2 is 2.14 bits per heavy atom. The highest BCUT2D eigenvalue weighted by molar-refractivity contribution is 5.93. The van der Waals surface area contributed by atoms with Gasteiger partial charge in [0, 0.05) is 19.2 Å². The number of nitrogens with zero attached hydrogens (tertiary/aromatic N) is 1. The molecule has 0 atom stereocenters. The van der Waals surface area contributed by atoms with Crippen LogP contribution in [0, 0.1) is 18.8 Å². The predicted octanol–water partition coefficient (Wildman–Crippen LogP) is 2.17. The normalized spacial score (nSPS) is 9.86. The van der Waals surface area contributed by atoms with Gasteiger partial charge in [0.05, 0.1) is 12.1 Å². The van der Waals surface area contributed by atoms with Crippen LogP contribution in [0.15, 0.2) is 41.0 Å². The summed E-state index contributed by atoms with van der Waals surface area (Å²) in [5.74, 6) is 6.52. The molecule has 1 aromatic carbocycles. The van der Waals surface area contributed by atoms with Crippen LogP contribution in [-0.4, -0.2) is 24.4 Å². The molecular formula is C17H18N2O2. The molecule has 2 rings (SSSR count). The third-order valence-corrected chi connectivity index (χ3v) is 3.07. The number of carbonyl (C=O) groups is 1. The van der Waals surface area contributed by atoms with Gasteiger partial charge < -0.3 is 15.1 Å². The Labute approximate surface area is 124 Å². The summed E-state index contributed by atoms with van der Waals surface area (Å²) < 4.78 is 5.18. The number of rotatable bonds is 3. The first-order valence-corrected chi connectivity index (χ1v) is 6.69. The maximum Gasteiger partial charge on any atom is 0.257 e. The molecule has 1 amide bonds. The van der Waals surface area contributed by atoms with Gasteiger partial charge in [-0.25, -0.2) is 0 Å². The second kappa shape index (κ2) is 6.78. The van der Waals surface area contributed by atoms with Crippen LogP contribution >= 0.6 is 0 Å². The van der Waals surface area contributed by atoms with Gasteiger partial charge in [-0.3, -0.25) is 4.79 Å². The van der Waals surface area contributed by atoms with Crippen molar-refractivity contribution in [2.75, 3.05) is 13.6 Å². The van der Waals surface area contributed by atoms with E-state index in [1.807, 2.05) is 31.2 Å². The van der Waals surface area contributed by atoms with E-state index in [2.05, 4.69) is 11.8 Å². The lowest BCUT2D eigenvalue weighted by Gasteiger charge is -2.17. The second-order valence-electron chi connectivity index (χ2n) is 4.77. The zero-order valence-electron chi connectivity index (χ0n) is 12.2. The first kappa shape index (κ1) is 14.9. The molecule has 0 aliphatic rings. The van der Waals surface area contributed by atoms with Crippen molar-refractivity contribution in [2.45, 2.75) is 13.5 Å². The highest BCUT2D eigenvalue weighted by atomic mass is 16.3. The Hall–Kier alpha value is -2.51. The first-order chi connectivity index (χ1) is 10.1. The molecule has 0 bridgehead atoms. The quantitative estimate of drug-likeness (QED) is 0.878. The fourth-order valence-electron chi connectivity index (χ4n) is 2.03. The monoisotopic (exact) mass is 282 g/mol. The molecule has 0 unspecified atom stereocenters. The van der Waals surface area contributed by atoms with Crippen molar-refractivity contribution < 1.29 is 9.21 Å². The highest BCUT2D eigenvalue weighted by Gasteiger charge is 2.15. The number of hydrogen-bond acceptors (Lipinski definition) is 3. The van der Waals surface area contributed by atoms with Gasteiger partial charge in [-0.1, -0.05) is 30.0 Å². The van der Waals surface area contributed by atoms with E-state index in [0.717, 1.165) is 16.9 Å². The van der Waals surface area contributed by atoms with Gasteiger partial charge in [-0.2, -0.15) is 0 Å². The Balaban J connectivity index is 2.16. The number of amides is 1. The molecule has 0 saturated carbocycles. The molecule has 4 nitrogen and oxygen atoms in total. The van der Waals surface area contributed by atoms with E-state index in [4.69, 9.17) is 10.2 Å². The summed E-state index contributed by atoms with van der Waals surface area (Å²) in [5.41, 5.74) is 7.85. The van der Waals surface area contributed by atoms with E-state index in [1.165, 1.54) is 6.26 Å². The fraction of sp³-hybridized carbons (Fsp3) is 0.235. The lowest BCUT2D eigenvalue weighted by atomic mass is 10.1. The van der Waals surface area contributed by atoms with Gasteiger partial charge in [-0.15, -0.1) is 0 Å². The number of nitrogens with two attached hydrogens (primary N) is 1. The van der Waals surface area contributed by atoms with Crippen LogP contribution in [0.4, 0.5) is 0 Å². The molecule has 1 aromatic heterocycles. The maximum absolute atomic E-state index is 12.3. The Morgan fingerprint density at radius 3 is 2.81 bits per heavy atom. The first-order valence-electron chi connectivity index (χ1n) is 6.69. The molecule has 2 N–H and O–H groups in total. The minimum absolute atomic E-state index is 0.0755. The number of benzene rings is 1. The van der Waals surface area contributed by atoms with Crippen molar-refractivity contribution in [1.29, 1.82) is 0 Å². The zero-order valence-corrected chi connectivity index (χ0v) is 12.2. The van der Waals surface area contributed by atoms with Crippen molar-refractivity contribution in [2.24, 2.45) is 5.73 Å². The predicted molar refractivity (Wildman–Crippen MR) is 81.6 cm³/mol. The summed E-state index contributed by atoms with van der Waals surface area (Å²) in [4.78, 5) is 13.9. The van der Waals surface area contributed by atoms with Crippen molar-refractivity contribution in [3.05, 3.63) is 59.0 Å². The summed E-state index contributed by atoms with van der Waals surface area (Å²) in [6.45, 7) is 2.62. The van der Waals surface area contributed by atoms with Crippen LogP contribution in [0.25, 0.3) is 0 Å². The summed E-state index contributed by atoms with van der Waals surface area (Å²) in [6, 6.07) is 9.48. The van der Waals surface area contributed by atoms with Crippen molar-refractivity contribution >= 4 is 5.91 Å². The Morgan fingerprint density at radius 1 is 1.38 bits per heavy atom. The van der Waals surface area contributed by atoms with Gasteiger partial charge in [0.15, 0.2) is 0 Å². The topological polar surface area (TPSA) is 59.5 Å². The van der Waals surface area contributed by atoms with E-state index in [9.17, 15) is 4.79 Å². The van der Waals surface area contributed by atoms with Crippen LogP contribution in [0.2, 0.25) is 0 Å². The molecule has 1 heterocycles. The van der Waals surface area contributed by atoms with E-state index in [1.54, 1.807) is 18.0 Å². The summed E-state index contributed by atoms with van der Waals surface area (Å²) in [5, 5.41) is 0. The van der Waals surface area contributed by atoms with Crippen molar-refractivity contribution in [3.8, 4) is 11.8 Å². The van der Waals surface area contributed by atoms with Crippen LogP contribution in [0.5, 0.6) is 0 Å². The van der Waals surface area contributed by atoms with E-state index >= 15 is 0 Å². The average molecular weight is 282 g/mol. The van der Waals surface area contributed by atoms with Crippen molar-refractivity contribution in [1.82, 2.24) is 4.90 Å². The van der Waals surface area contributed by atoms with Crippen LogP contribution in [0.1, 0.15) is 27.2 Å². The number of furan rings is 1. The molecule has 108 valence electrons. The lowest BCUT2D eigenvalue weighted by molar-refractivity contribution is 0.0784. The molecule has 0 fully saturated rings. The minimum atomic E-state index is -0.0755. The van der Waals surface area contributed by atoms with Gasteiger partial charge in [0.25, 0.3) is 5.91 Å². The van der Waals surface area contributed by atoms with Gasteiger partial charge in [0.1, 0.15) is 12.0 Å². The molecule has 21 heavy (non-hydrogen) atoms. The Kier molecular flexibility index (Phi) is 4.81. The highest BCUT2D eigenvalue weighted by Crippen LogP contribution is 2.14. The van der Waals surface area contributed by atoms with E-state index < -0.39 is 0 Å². The van der Waals surface area contributed by atoms with E-state index in [0.29, 0.717) is 18.7 Å². The second-order valence-corrected chi connectivity index (χ2v) is 4.77. The fourth-order valence-corrected chi connectivity index (χ4v) is 2.03. The molecule has 2 aromatic rings. The lowest BCUT2D eigenvalue weighted by Crippen LogP contribution is -2.26. The van der Waals surface area contributed by atoms with Gasteiger partial charge in [0.2, 0.25) is 0 Å². The third-order valence-electron chi connectivity index (χ3n) is 3.07. The molecule has 0 spiro atoms. The van der Waals surface area contributed by atoms with Gasteiger partial charge in [-0.05, 0) is 24.6 Å². The van der Waals surface area contributed by atoms with Crippen molar-refractivity contribution in [3.63, 3.8) is 0 Å². The molecular weight excluding hydrogens is 264 g/mol. The molecule has 0 saturated heterocycles. The van der Waals surface area contributed by atoms with Gasteiger partial charge >= 0.3 is 0 Å². The van der Waals surface area contributed by atoms with E-state index in [-0.39, 0.29) is 5.91 Å². The number of hydrogen-bond donors (Lipinski definition) is 1. The largest absolute Gasteiger partial charge is 0.469 e. The average Bonchev–Trinajstić information content (AvgIpc) is 2.92. The zero-order chi connectivity index (χ0) is 15.2. The van der Waals surface area contributed by atoms with Crippen LogP contribution in [-0.2, 0) is 6.54 Å². The molecule has 0 radical (unpaired) electrons. The van der Waals surface area contributed by atoms with Crippen LogP contribution < -0.4 is 5.73 Å². The van der Waals surface area contributed by atoms with Crippen LogP contribution in [0.3, 0.4) is 0 Å². The minimum Gasteiger partial charge on any atom is -0.469 e. The summed E-state index contributed by atoms with van der Waals surface area (Å²) in [7, 11) is 1.76. The number of carbonyl (C=O) groups excluding carboxylic acids is 1. The molecule has 4 heteroatoms. The molecule has 0 aliphatic heterocycles. The standard InChI is InChI=1S/C17H18N2O2/c1-13-10-16(12-21-13)17(20)19(2)11-15-7-4-3-6-14(15)8-5-9-18/h3-4,6-7,10,12H,9,11,18H2,1-2H3.